The fourth-order valence-corrected chi connectivity index (χ4v) is 2.04. The molecule has 3 N–H and O–H groups in total. The number of hydrogen-bond donors (Lipinski definition) is 2. The summed E-state index contributed by atoms with van der Waals surface area (Å²) in [7, 11) is 0. The molecule has 0 radical (unpaired) electrons. The van der Waals surface area contributed by atoms with E-state index in [-0.39, 0.29) is 22.1 Å². The summed E-state index contributed by atoms with van der Waals surface area (Å²) in [5, 5.41) is 14.6. The third-order valence-electron chi connectivity index (χ3n) is 2.32. The van der Waals surface area contributed by atoms with Crippen LogP contribution in [0.1, 0.15) is 20.8 Å². The van der Waals surface area contributed by atoms with Crippen LogP contribution in [0.4, 0.5) is 10.8 Å². The maximum atomic E-state index is 11.8. The van der Waals surface area contributed by atoms with E-state index in [0.717, 1.165) is 11.3 Å². The molecule has 102 valence electrons. The highest BCUT2D eigenvalue weighted by atomic mass is 32.1. The number of nitro groups is 1. The first-order valence-corrected chi connectivity index (χ1v) is 6.16. The fraction of sp³-hybridized carbons (Fsp3) is 0. The first-order valence-electron chi connectivity index (χ1n) is 5.28. The molecule has 2 aromatic rings. The zero-order valence-corrected chi connectivity index (χ0v) is 10.7. The van der Waals surface area contributed by atoms with E-state index in [1.165, 1.54) is 29.6 Å². The Hall–Kier alpha value is -2.81. The molecule has 0 atom stereocenters. The lowest BCUT2D eigenvalue weighted by molar-refractivity contribution is -0.384. The topological polar surface area (TPSA) is 128 Å². The van der Waals surface area contributed by atoms with Crippen LogP contribution in [-0.4, -0.2) is 21.7 Å². The first-order chi connectivity index (χ1) is 9.47. The molecule has 0 fully saturated rings. The van der Waals surface area contributed by atoms with Crippen molar-refractivity contribution in [2.75, 3.05) is 5.32 Å². The zero-order chi connectivity index (χ0) is 14.7. The second-order valence-corrected chi connectivity index (χ2v) is 4.52. The van der Waals surface area contributed by atoms with Gasteiger partial charge in [-0.15, -0.1) is 11.3 Å². The van der Waals surface area contributed by atoms with Crippen molar-refractivity contribution >= 4 is 34.0 Å². The van der Waals surface area contributed by atoms with Gasteiger partial charge < -0.3 is 5.73 Å². The summed E-state index contributed by atoms with van der Waals surface area (Å²) < 4.78 is 0. The average molecular weight is 292 g/mol. The Balaban J connectivity index is 2.11. The molecule has 0 bridgehead atoms. The molecule has 1 aromatic carbocycles. The molecule has 2 rings (SSSR count). The third-order valence-corrected chi connectivity index (χ3v) is 3.08. The van der Waals surface area contributed by atoms with Crippen molar-refractivity contribution in [3.05, 3.63) is 51.0 Å². The van der Waals surface area contributed by atoms with Gasteiger partial charge in [-0.1, -0.05) is 0 Å². The van der Waals surface area contributed by atoms with E-state index in [4.69, 9.17) is 5.73 Å². The number of amides is 2. The van der Waals surface area contributed by atoms with E-state index in [2.05, 4.69) is 10.3 Å². The maximum Gasteiger partial charge on any atom is 0.269 e. The van der Waals surface area contributed by atoms with Gasteiger partial charge in [0.15, 0.2) is 5.13 Å². The molecule has 0 spiro atoms. The van der Waals surface area contributed by atoms with Gasteiger partial charge in [-0.3, -0.25) is 25.0 Å². The number of nitrogens with zero attached hydrogens (tertiary/aromatic N) is 2. The number of nitrogens with one attached hydrogen (secondary N) is 1. The van der Waals surface area contributed by atoms with Crippen molar-refractivity contribution < 1.29 is 14.5 Å². The third kappa shape index (κ3) is 2.95. The smallest absolute Gasteiger partial charge is 0.269 e. The molecule has 0 saturated carbocycles. The molecule has 8 nitrogen and oxygen atoms in total. The molecule has 0 aliphatic carbocycles. The molecule has 9 heteroatoms. The molecule has 0 unspecified atom stereocenters. The van der Waals surface area contributed by atoms with Gasteiger partial charge in [-0.05, 0) is 12.1 Å². The normalized spacial score (nSPS) is 10.0. The number of benzene rings is 1. The van der Waals surface area contributed by atoms with Gasteiger partial charge in [0.1, 0.15) is 5.69 Å². The summed E-state index contributed by atoms with van der Waals surface area (Å²) in [6, 6.07) is 5.11. The number of carbonyl (C=O) groups excluding carboxylic acids is 2. The van der Waals surface area contributed by atoms with Crippen molar-refractivity contribution in [3.8, 4) is 0 Å². The number of aromatic nitrogens is 1. The SMILES string of the molecule is NC(=O)c1csc(NC(=O)c2ccc([N+](=O)[O-])cc2)n1. The Morgan fingerprint density at radius 1 is 1.30 bits per heavy atom. The number of primary amides is 1. The molecule has 20 heavy (non-hydrogen) atoms. The Morgan fingerprint density at radius 3 is 2.45 bits per heavy atom. The Labute approximate surface area is 116 Å². The van der Waals surface area contributed by atoms with Crippen molar-refractivity contribution in [2.24, 2.45) is 5.73 Å². The van der Waals surface area contributed by atoms with E-state index < -0.39 is 16.7 Å². The van der Waals surface area contributed by atoms with Crippen LogP contribution in [0.5, 0.6) is 0 Å². The highest BCUT2D eigenvalue weighted by Gasteiger charge is 2.12. The maximum absolute atomic E-state index is 11.8. The Bertz CT molecular complexity index is 680. The Morgan fingerprint density at radius 2 is 1.95 bits per heavy atom. The monoisotopic (exact) mass is 292 g/mol. The number of rotatable bonds is 4. The number of non-ortho nitro benzene ring substituents is 1. The van der Waals surface area contributed by atoms with Crippen molar-refractivity contribution in [3.63, 3.8) is 0 Å². The van der Waals surface area contributed by atoms with Crippen LogP contribution < -0.4 is 11.1 Å². The van der Waals surface area contributed by atoms with Crippen LogP contribution in [-0.2, 0) is 0 Å². The van der Waals surface area contributed by atoms with Crippen LogP contribution in [0.15, 0.2) is 29.6 Å². The van der Waals surface area contributed by atoms with Crippen LogP contribution in [0.2, 0.25) is 0 Å². The minimum atomic E-state index is -0.683. The summed E-state index contributed by atoms with van der Waals surface area (Å²) >= 11 is 1.06. The number of nitro benzene ring substituents is 1. The first kappa shape index (κ1) is 13.6. The fourth-order valence-electron chi connectivity index (χ4n) is 1.35. The van der Waals surface area contributed by atoms with E-state index in [0.29, 0.717) is 0 Å². The van der Waals surface area contributed by atoms with E-state index in [9.17, 15) is 19.7 Å². The lowest BCUT2D eigenvalue weighted by Gasteiger charge is -2.01. The average Bonchev–Trinajstić information content (AvgIpc) is 2.87. The largest absolute Gasteiger partial charge is 0.364 e. The lowest BCUT2D eigenvalue weighted by atomic mass is 10.2. The van der Waals surface area contributed by atoms with Gasteiger partial charge in [0, 0.05) is 23.1 Å². The van der Waals surface area contributed by atoms with Crippen LogP contribution in [0.25, 0.3) is 0 Å². The molecule has 1 heterocycles. The van der Waals surface area contributed by atoms with Crippen LogP contribution in [0.3, 0.4) is 0 Å². The number of nitrogens with two attached hydrogens (primary N) is 1. The van der Waals surface area contributed by atoms with Gasteiger partial charge in [0.2, 0.25) is 0 Å². The van der Waals surface area contributed by atoms with Crippen molar-refractivity contribution in [2.45, 2.75) is 0 Å². The molecular formula is C11H8N4O4S. The van der Waals surface area contributed by atoms with Crippen LogP contribution in [0, 0.1) is 10.1 Å². The van der Waals surface area contributed by atoms with Gasteiger partial charge in [-0.25, -0.2) is 4.98 Å². The molecular weight excluding hydrogens is 284 g/mol. The predicted octanol–water partition coefficient (Wildman–Crippen LogP) is 1.40. The molecule has 0 aliphatic heterocycles. The predicted molar refractivity (Wildman–Crippen MR) is 71.7 cm³/mol. The second kappa shape index (κ2) is 5.45. The minimum absolute atomic E-state index is 0.0639. The van der Waals surface area contributed by atoms with Gasteiger partial charge in [-0.2, -0.15) is 0 Å². The number of carbonyl (C=O) groups is 2. The summed E-state index contributed by atoms with van der Waals surface area (Å²) in [6.45, 7) is 0. The molecule has 2 amide bonds. The van der Waals surface area contributed by atoms with Crippen molar-refractivity contribution in [1.82, 2.24) is 4.98 Å². The zero-order valence-electron chi connectivity index (χ0n) is 9.90. The lowest BCUT2D eigenvalue weighted by Crippen LogP contribution is -2.14. The summed E-state index contributed by atoms with van der Waals surface area (Å²) in [6.07, 6.45) is 0. The second-order valence-electron chi connectivity index (χ2n) is 3.66. The molecule has 1 aromatic heterocycles. The van der Waals surface area contributed by atoms with E-state index in [1.54, 1.807) is 0 Å². The summed E-state index contributed by atoms with van der Waals surface area (Å²) in [5.74, 6) is -1.16. The van der Waals surface area contributed by atoms with E-state index in [1.807, 2.05) is 0 Å². The van der Waals surface area contributed by atoms with Crippen molar-refractivity contribution in [1.29, 1.82) is 0 Å². The number of anilines is 1. The number of thiazole rings is 1. The molecule has 0 aliphatic rings. The standard InChI is InChI=1S/C11H8N4O4S/c12-9(16)8-5-20-11(13-8)14-10(17)6-1-3-7(4-2-6)15(18)19/h1-5H,(H2,12,16)(H,13,14,17). The Kier molecular flexibility index (Phi) is 3.71. The highest BCUT2D eigenvalue weighted by Crippen LogP contribution is 2.17. The van der Waals surface area contributed by atoms with Gasteiger partial charge >= 0.3 is 0 Å². The summed E-state index contributed by atoms with van der Waals surface area (Å²) in [4.78, 5) is 36.5. The summed E-state index contributed by atoms with van der Waals surface area (Å²) in [5.41, 5.74) is 5.24. The quantitative estimate of drug-likeness (QED) is 0.650. The minimum Gasteiger partial charge on any atom is -0.364 e. The number of hydrogen-bond acceptors (Lipinski definition) is 6. The van der Waals surface area contributed by atoms with Gasteiger partial charge in [0.05, 0.1) is 4.92 Å². The van der Waals surface area contributed by atoms with Gasteiger partial charge in [0.25, 0.3) is 17.5 Å². The van der Waals surface area contributed by atoms with E-state index >= 15 is 0 Å². The van der Waals surface area contributed by atoms with Crippen LogP contribution >= 0.6 is 11.3 Å². The highest BCUT2D eigenvalue weighted by molar-refractivity contribution is 7.14. The molecule has 0 saturated heterocycles.